The number of aromatic nitrogens is 5. The van der Waals surface area contributed by atoms with Crippen LogP contribution in [-0.4, -0.2) is 37.8 Å². The molecule has 1 saturated heterocycles. The summed E-state index contributed by atoms with van der Waals surface area (Å²) in [5.41, 5.74) is 8.98. The summed E-state index contributed by atoms with van der Waals surface area (Å²) in [7, 11) is 0. The van der Waals surface area contributed by atoms with E-state index >= 15 is 0 Å². The second-order valence-corrected chi connectivity index (χ2v) is 5.20. The van der Waals surface area contributed by atoms with Gasteiger partial charge in [-0.25, -0.2) is 4.68 Å². The van der Waals surface area contributed by atoms with Gasteiger partial charge in [-0.3, -0.25) is 0 Å². The molecule has 0 aliphatic carbocycles. The van der Waals surface area contributed by atoms with Crippen molar-refractivity contribution in [3.05, 3.63) is 17.0 Å². The third-order valence-electron chi connectivity index (χ3n) is 3.86. The molecule has 20 heavy (non-hydrogen) atoms. The van der Waals surface area contributed by atoms with E-state index in [2.05, 4.69) is 25.0 Å². The van der Waals surface area contributed by atoms with E-state index < -0.39 is 0 Å². The molecule has 7 nitrogen and oxygen atoms in total. The van der Waals surface area contributed by atoms with Gasteiger partial charge in [-0.2, -0.15) is 20.1 Å². The molecule has 0 bridgehead atoms. The first-order chi connectivity index (χ1) is 9.56. The summed E-state index contributed by atoms with van der Waals surface area (Å²) in [4.78, 5) is 15.1. The lowest BCUT2D eigenvalue weighted by Crippen LogP contribution is -2.22. The van der Waals surface area contributed by atoms with E-state index in [0.717, 1.165) is 30.0 Å². The first-order valence-electron chi connectivity index (χ1n) is 6.86. The van der Waals surface area contributed by atoms with Crippen LogP contribution in [-0.2, 0) is 0 Å². The van der Waals surface area contributed by atoms with Gasteiger partial charge in [0.05, 0.1) is 5.69 Å². The topological polar surface area (TPSA) is 85.8 Å². The summed E-state index contributed by atoms with van der Waals surface area (Å²) in [6, 6.07) is 0. The highest BCUT2D eigenvalue weighted by molar-refractivity contribution is 5.39. The average molecular weight is 273 g/mol. The minimum absolute atomic E-state index is 0.238. The van der Waals surface area contributed by atoms with E-state index in [1.165, 1.54) is 12.8 Å². The molecule has 3 heterocycles. The molecule has 2 aromatic heterocycles. The predicted octanol–water partition coefficient (Wildman–Crippen LogP) is 1.16. The van der Waals surface area contributed by atoms with Crippen LogP contribution in [0.5, 0.6) is 0 Å². The molecule has 0 saturated carbocycles. The predicted molar refractivity (Wildman–Crippen MR) is 77.0 cm³/mol. The van der Waals surface area contributed by atoms with Crippen molar-refractivity contribution < 1.29 is 0 Å². The summed E-state index contributed by atoms with van der Waals surface area (Å²) >= 11 is 0. The standard InChI is InChI=1S/C13H19N7/c1-8-9(2)18-20(10(8)3)13-16-11(14)15-12(17-13)19-6-4-5-7-19/h4-7H2,1-3H3,(H2,14,15,16,17). The normalized spacial score (nSPS) is 15.1. The summed E-state index contributed by atoms with van der Waals surface area (Å²) < 4.78 is 1.74. The average Bonchev–Trinajstić information content (AvgIpc) is 3.03. The second kappa shape index (κ2) is 4.73. The maximum Gasteiger partial charge on any atom is 0.257 e. The Bertz CT molecular complexity index is 640. The van der Waals surface area contributed by atoms with Crippen LogP contribution in [0.1, 0.15) is 29.8 Å². The third-order valence-corrected chi connectivity index (χ3v) is 3.86. The Kier molecular flexibility index (Phi) is 3.04. The largest absolute Gasteiger partial charge is 0.368 e. The Morgan fingerprint density at radius 2 is 1.60 bits per heavy atom. The maximum atomic E-state index is 5.83. The summed E-state index contributed by atoms with van der Waals surface area (Å²) in [5.74, 6) is 1.38. The molecule has 0 atom stereocenters. The molecular formula is C13H19N7. The van der Waals surface area contributed by atoms with Crippen molar-refractivity contribution in [3.63, 3.8) is 0 Å². The Balaban J connectivity index is 2.07. The van der Waals surface area contributed by atoms with Gasteiger partial charge >= 0.3 is 0 Å². The van der Waals surface area contributed by atoms with Gasteiger partial charge < -0.3 is 10.6 Å². The van der Waals surface area contributed by atoms with Gasteiger partial charge in [-0.15, -0.1) is 0 Å². The van der Waals surface area contributed by atoms with Crippen molar-refractivity contribution >= 4 is 11.9 Å². The van der Waals surface area contributed by atoms with Crippen molar-refractivity contribution in [2.45, 2.75) is 33.6 Å². The number of hydrogen-bond donors (Lipinski definition) is 1. The van der Waals surface area contributed by atoms with Crippen LogP contribution in [0.25, 0.3) is 5.95 Å². The molecule has 3 rings (SSSR count). The first-order valence-corrected chi connectivity index (χ1v) is 6.86. The lowest BCUT2D eigenvalue weighted by atomic mass is 10.2. The van der Waals surface area contributed by atoms with E-state index in [1.807, 2.05) is 20.8 Å². The fourth-order valence-electron chi connectivity index (χ4n) is 2.44. The third kappa shape index (κ3) is 2.09. The van der Waals surface area contributed by atoms with Crippen LogP contribution >= 0.6 is 0 Å². The Hall–Kier alpha value is -2.18. The van der Waals surface area contributed by atoms with E-state index in [1.54, 1.807) is 4.68 Å². The van der Waals surface area contributed by atoms with Crippen molar-refractivity contribution in [3.8, 4) is 5.95 Å². The van der Waals surface area contributed by atoms with Crippen LogP contribution in [0.4, 0.5) is 11.9 Å². The van der Waals surface area contributed by atoms with Gasteiger partial charge in [-0.05, 0) is 39.2 Å². The SMILES string of the molecule is Cc1nn(-c2nc(N)nc(N3CCCC3)n2)c(C)c1C. The van der Waals surface area contributed by atoms with Crippen LogP contribution < -0.4 is 10.6 Å². The summed E-state index contributed by atoms with van der Waals surface area (Å²) in [6.45, 7) is 7.97. The Morgan fingerprint density at radius 3 is 2.20 bits per heavy atom. The van der Waals surface area contributed by atoms with Gasteiger partial charge in [0.1, 0.15) is 0 Å². The van der Waals surface area contributed by atoms with E-state index in [9.17, 15) is 0 Å². The molecule has 1 aliphatic heterocycles. The van der Waals surface area contributed by atoms with E-state index in [-0.39, 0.29) is 5.95 Å². The quantitative estimate of drug-likeness (QED) is 0.883. The number of rotatable bonds is 2. The van der Waals surface area contributed by atoms with E-state index in [4.69, 9.17) is 5.73 Å². The molecule has 7 heteroatoms. The van der Waals surface area contributed by atoms with Crippen LogP contribution in [0, 0.1) is 20.8 Å². The number of nitrogens with two attached hydrogens (primary N) is 1. The zero-order chi connectivity index (χ0) is 14.3. The van der Waals surface area contributed by atoms with Crippen molar-refractivity contribution in [2.24, 2.45) is 0 Å². The number of aryl methyl sites for hydroxylation is 1. The van der Waals surface area contributed by atoms with Crippen molar-refractivity contribution in [1.29, 1.82) is 0 Å². The number of anilines is 2. The minimum atomic E-state index is 0.238. The zero-order valence-electron chi connectivity index (χ0n) is 12.1. The zero-order valence-corrected chi connectivity index (χ0v) is 12.1. The molecule has 0 aromatic carbocycles. The lowest BCUT2D eigenvalue weighted by Gasteiger charge is -2.15. The molecule has 0 amide bonds. The minimum Gasteiger partial charge on any atom is -0.368 e. The Labute approximate surface area is 117 Å². The van der Waals surface area contributed by atoms with Crippen molar-refractivity contribution in [1.82, 2.24) is 24.7 Å². The highest BCUT2D eigenvalue weighted by Gasteiger charge is 2.19. The van der Waals surface area contributed by atoms with Gasteiger partial charge in [0, 0.05) is 18.8 Å². The van der Waals surface area contributed by atoms with Crippen LogP contribution in [0.15, 0.2) is 0 Å². The monoisotopic (exact) mass is 273 g/mol. The van der Waals surface area contributed by atoms with Gasteiger partial charge in [0.15, 0.2) is 0 Å². The smallest absolute Gasteiger partial charge is 0.257 e. The Morgan fingerprint density at radius 1 is 0.950 bits per heavy atom. The molecule has 0 spiro atoms. The van der Waals surface area contributed by atoms with E-state index in [0.29, 0.717) is 11.9 Å². The summed E-state index contributed by atoms with van der Waals surface area (Å²) in [5, 5.41) is 4.48. The second-order valence-electron chi connectivity index (χ2n) is 5.20. The first kappa shape index (κ1) is 12.8. The van der Waals surface area contributed by atoms with Crippen LogP contribution in [0.2, 0.25) is 0 Å². The van der Waals surface area contributed by atoms with Gasteiger partial charge in [0.25, 0.3) is 5.95 Å². The lowest BCUT2D eigenvalue weighted by molar-refractivity contribution is 0.756. The molecule has 2 aromatic rings. The van der Waals surface area contributed by atoms with Gasteiger partial charge in [0.2, 0.25) is 11.9 Å². The number of nitrogens with zero attached hydrogens (tertiary/aromatic N) is 6. The number of hydrogen-bond acceptors (Lipinski definition) is 6. The highest BCUT2D eigenvalue weighted by atomic mass is 15.4. The fraction of sp³-hybridized carbons (Fsp3) is 0.538. The maximum absolute atomic E-state index is 5.83. The van der Waals surface area contributed by atoms with Crippen molar-refractivity contribution in [2.75, 3.05) is 23.7 Å². The molecular weight excluding hydrogens is 254 g/mol. The molecule has 0 radical (unpaired) electrons. The fourth-order valence-corrected chi connectivity index (χ4v) is 2.44. The van der Waals surface area contributed by atoms with Crippen LogP contribution in [0.3, 0.4) is 0 Å². The number of nitrogen functional groups attached to an aromatic ring is 1. The highest BCUT2D eigenvalue weighted by Crippen LogP contribution is 2.19. The molecule has 1 aliphatic rings. The molecule has 106 valence electrons. The molecule has 2 N–H and O–H groups in total. The van der Waals surface area contributed by atoms with Gasteiger partial charge in [-0.1, -0.05) is 0 Å². The summed E-state index contributed by atoms with van der Waals surface area (Å²) in [6.07, 6.45) is 2.33. The molecule has 0 unspecified atom stereocenters. The molecule has 1 fully saturated rings.